The predicted octanol–water partition coefficient (Wildman–Crippen LogP) is 3.18. The molecule has 20 heavy (non-hydrogen) atoms. The molecule has 3 rings (SSSR count). The van der Waals surface area contributed by atoms with Crippen molar-refractivity contribution in [1.82, 2.24) is 14.8 Å². The van der Waals surface area contributed by atoms with E-state index in [1.54, 1.807) is 12.3 Å². The van der Waals surface area contributed by atoms with Crippen molar-refractivity contribution in [2.24, 2.45) is 0 Å². The second-order valence-electron chi connectivity index (χ2n) is 4.63. The topological polar surface area (TPSA) is 47.8 Å². The predicted molar refractivity (Wildman–Crippen MR) is 66.2 cm³/mol. The van der Waals surface area contributed by atoms with Gasteiger partial charge in [-0.05, 0) is 19.8 Å². The third-order valence-corrected chi connectivity index (χ3v) is 4.07. The van der Waals surface area contributed by atoms with Crippen LogP contribution in [0.5, 0.6) is 0 Å². The van der Waals surface area contributed by atoms with Gasteiger partial charge in [-0.2, -0.15) is 18.3 Å². The maximum absolute atomic E-state index is 13.0. The number of aryl methyl sites for hydroxylation is 1. The van der Waals surface area contributed by atoms with Crippen molar-refractivity contribution in [3.8, 4) is 5.13 Å². The van der Waals surface area contributed by atoms with Crippen LogP contribution in [-0.4, -0.2) is 20.5 Å². The number of aromatic nitrogens is 3. The third-order valence-electron chi connectivity index (χ3n) is 3.13. The van der Waals surface area contributed by atoms with Crippen LogP contribution >= 0.6 is 11.3 Å². The van der Waals surface area contributed by atoms with Gasteiger partial charge in [0.25, 0.3) is 0 Å². The zero-order chi connectivity index (χ0) is 14.5. The highest BCUT2D eigenvalue weighted by atomic mass is 32.1. The zero-order valence-electron chi connectivity index (χ0n) is 10.5. The number of nitrogens with zero attached hydrogens (tertiary/aromatic N) is 3. The first-order valence-corrected chi connectivity index (χ1v) is 6.90. The molecule has 0 spiro atoms. The summed E-state index contributed by atoms with van der Waals surface area (Å²) >= 11 is 1.21. The van der Waals surface area contributed by atoms with Crippen LogP contribution in [0.1, 0.15) is 40.3 Å². The fourth-order valence-electron chi connectivity index (χ4n) is 2.31. The van der Waals surface area contributed by atoms with Crippen LogP contribution in [0.2, 0.25) is 0 Å². The van der Waals surface area contributed by atoms with E-state index >= 15 is 0 Å². The standard InChI is InChI=1S/C12H10F3N3OS/c1-6-5-20-11(16-6)18-7-3-2-4-8(19)9(7)10(17-18)12(13,14)15/h5H,2-4H2,1H3. The quantitative estimate of drug-likeness (QED) is 0.813. The molecule has 4 nitrogen and oxygen atoms in total. The highest BCUT2D eigenvalue weighted by Crippen LogP contribution is 2.37. The van der Waals surface area contributed by atoms with Gasteiger partial charge in [0.2, 0.25) is 5.13 Å². The van der Waals surface area contributed by atoms with E-state index in [4.69, 9.17) is 0 Å². The molecule has 2 heterocycles. The average molecular weight is 301 g/mol. The molecule has 0 aliphatic heterocycles. The Bertz CT molecular complexity index is 687. The molecule has 1 aliphatic rings. The van der Waals surface area contributed by atoms with Crippen LogP contribution in [0.3, 0.4) is 0 Å². The van der Waals surface area contributed by atoms with E-state index in [0.717, 1.165) is 0 Å². The highest BCUT2D eigenvalue weighted by Gasteiger charge is 2.42. The molecular weight excluding hydrogens is 291 g/mol. The fourth-order valence-corrected chi connectivity index (χ4v) is 3.09. The number of fused-ring (bicyclic) bond motifs is 1. The van der Waals surface area contributed by atoms with Crippen molar-refractivity contribution in [2.75, 3.05) is 0 Å². The third kappa shape index (κ3) is 2.04. The molecule has 2 aromatic rings. The summed E-state index contributed by atoms with van der Waals surface area (Å²) < 4.78 is 40.3. The molecule has 0 amide bonds. The maximum atomic E-state index is 13.0. The van der Waals surface area contributed by atoms with Gasteiger partial charge in [-0.1, -0.05) is 0 Å². The maximum Gasteiger partial charge on any atom is 0.435 e. The van der Waals surface area contributed by atoms with E-state index in [2.05, 4.69) is 10.1 Å². The summed E-state index contributed by atoms with van der Waals surface area (Å²) in [4.78, 5) is 16.0. The number of hydrogen-bond acceptors (Lipinski definition) is 4. The summed E-state index contributed by atoms with van der Waals surface area (Å²) in [5.74, 6) is -0.488. The Morgan fingerprint density at radius 1 is 1.35 bits per heavy atom. The van der Waals surface area contributed by atoms with Crippen molar-refractivity contribution in [2.45, 2.75) is 32.4 Å². The van der Waals surface area contributed by atoms with E-state index in [9.17, 15) is 18.0 Å². The Hall–Kier alpha value is -1.70. The summed E-state index contributed by atoms with van der Waals surface area (Å²) in [6, 6.07) is 0. The number of Topliss-reactive ketones (excluding diaryl/α,β-unsaturated/α-hetero) is 1. The highest BCUT2D eigenvalue weighted by molar-refractivity contribution is 7.12. The van der Waals surface area contributed by atoms with Crippen LogP contribution in [0.4, 0.5) is 13.2 Å². The molecule has 0 saturated heterocycles. The fraction of sp³-hybridized carbons (Fsp3) is 0.417. The van der Waals surface area contributed by atoms with E-state index in [0.29, 0.717) is 29.4 Å². The van der Waals surface area contributed by atoms with Crippen molar-refractivity contribution < 1.29 is 18.0 Å². The first-order valence-electron chi connectivity index (χ1n) is 6.02. The molecule has 106 valence electrons. The van der Waals surface area contributed by atoms with Gasteiger partial charge < -0.3 is 0 Å². The summed E-state index contributed by atoms with van der Waals surface area (Å²) in [5.41, 5.74) is -0.338. The van der Waals surface area contributed by atoms with E-state index in [1.807, 2.05) is 0 Å². The molecule has 0 aromatic carbocycles. The van der Waals surface area contributed by atoms with Gasteiger partial charge in [0.15, 0.2) is 11.5 Å². The molecule has 0 fully saturated rings. The lowest BCUT2D eigenvalue weighted by Gasteiger charge is -2.12. The molecule has 0 saturated carbocycles. The number of rotatable bonds is 1. The van der Waals surface area contributed by atoms with Crippen LogP contribution < -0.4 is 0 Å². The number of hydrogen-bond donors (Lipinski definition) is 0. The van der Waals surface area contributed by atoms with E-state index < -0.39 is 17.7 Å². The largest absolute Gasteiger partial charge is 0.435 e. The molecule has 0 atom stereocenters. The molecule has 0 N–H and O–H groups in total. The number of carbonyl (C=O) groups excluding carboxylic acids is 1. The SMILES string of the molecule is Cc1csc(-n2nc(C(F)(F)F)c3c2CCCC3=O)n1. The van der Waals surface area contributed by atoms with Crippen molar-refractivity contribution in [3.63, 3.8) is 0 Å². The van der Waals surface area contributed by atoms with Gasteiger partial charge >= 0.3 is 6.18 Å². The Balaban J connectivity index is 2.24. The summed E-state index contributed by atoms with van der Waals surface area (Å²) in [6.45, 7) is 1.76. The monoisotopic (exact) mass is 301 g/mol. The number of ketones is 1. The van der Waals surface area contributed by atoms with E-state index in [1.165, 1.54) is 16.0 Å². The molecule has 8 heteroatoms. The lowest BCUT2D eigenvalue weighted by molar-refractivity contribution is -0.141. The molecule has 0 bridgehead atoms. The number of thiazole rings is 1. The van der Waals surface area contributed by atoms with Crippen molar-refractivity contribution in [3.05, 3.63) is 28.0 Å². The van der Waals surface area contributed by atoms with Crippen LogP contribution in [0.15, 0.2) is 5.38 Å². The van der Waals surface area contributed by atoms with Gasteiger partial charge in [0.1, 0.15) is 0 Å². The second-order valence-corrected chi connectivity index (χ2v) is 5.46. The van der Waals surface area contributed by atoms with Gasteiger partial charge in [0, 0.05) is 11.8 Å². The first kappa shape index (κ1) is 13.3. The van der Waals surface area contributed by atoms with Gasteiger partial charge in [-0.25, -0.2) is 9.67 Å². The van der Waals surface area contributed by atoms with Crippen LogP contribution in [-0.2, 0) is 12.6 Å². The van der Waals surface area contributed by atoms with Gasteiger partial charge in [-0.3, -0.25) is 4.79 Å². The second kappa shape index (κ2) is 4.41. The number of carbonyl (C=O) groups is 1. The lowest BCUT2D eigenvalue weighted by atomic mass is 9.94. The molecule has 0 radical (unpaired) electrons. The Labute approximate surface area is 116 Å². The Morgan fingerprint density at radius 3 is 2.70 bits per heavy atom. The molecule has 0 unspecified atom stereocenters. The van der Waals surface area contributed by atoms with E-state index in [-0.39, 0.29) is 12.0 Å². The molecule has 2 aromatic heterocycles. The Morgan fingerprint density at radius 2 is 2.10 bits per heavy atom. The lowest BCUT2D eigenvalue weighted by Crippen LogP contribution is -2.16. The van der Waals surface area contributed by atoms with Gasteiger partial charge in [-0.15, -0.1) is 11.3 Å². The number of halogens is 3. The molecular formula is C12H10F3N3OS. The van der Waals surface area contributed by atoms with Gasteiger partial charge in [0.05, 0.1) is 17.0 Å². The summed E-state index contributed by atoms with van der Waals surface area (Å²) in [5, 5.41) is 5.72. The van der Waals surface area contributed by atoms with Crippen LogP contribution in [0, 0.1) is 6.92 Å². The molecule has 1 aliphatic carbocycles. The average Bonchev–Trinajstić information content (AvgIpc) is 2.92. The summed E-state index contributed by atoms with van der Waals surface area (Å²) in [6.07, 6.45) is -3.55. The van der Waals surface area contributed by atoms with Crippen LogP contribution in [0.25, 0.3) is 5.13 Å². The summed E-state index contributed by atoms with van der Waals surface area (Å²) in [7, 11) is 0. The smallest absolute Gasteiger partial charge is 0.294 e. The first-order chi connectivity index (χ1) is 9.38. The normalized spacial score (nSPS) is 15.5. The number of alkyl halides is 3. The minimum absolute atomic E-state index is 0.138. The minimum atomic E-state index is -4.63. The van der Waals surface area contributed by atoms with Crippen molar-refractivity contribution >= 4 is 17.1 Å². The Kier molecular flexibility index (Phi) is 2.93. The zero-order valence-corrected chi connectivity index (χ0v) is 11.3. The van der Waals surface area contributed by atoms with Crippen molar-refractivity contribution in [1.29, 1.82) is 0 Å². The minimum Gasteiger partial charge on any atom is -0.294 e.